The van der Waals surface area contributed by atoms with Crippen molar-refractivity contribution in [2.75, 3.05) is 7.11 Å². The van der Waals surface area contributed by atoms with Gasteiger partial charge in [-0.2, -0.15) is 0 Å². The molecule has 0 radical (unpaired) electrons. The zero-order chi connectivity index (χ0) is 14.4. The molecule has 7 nitrogen and oxygen atoms in total. The SMILES string of the molecule is COC(=O)C(NC(=O)Cn1cccnc1=O)C(C)C. The predicted octanol–water partition coefficient (Wildman–Crippen LogP) is -0.443. The fraction of sp³-hybridized carbons (Fsp3) is 0.500. The average Bonchev–Trinajstić information content (AvgIpc) is 2.37. The highest BCUT2D eigenvalue weighted by atomic mass is 16.5. The van der Waals surface area contributed by atoms with Crippen LogP contribution in [0.3, 0.4) is 0 Å². The molecule has 19 heavy (non-hydrogen) atoms. The van der Waals surface area contributed by atoms with E-state index >= 15 is 0 Å². The van der Waals surface area contributed by atoms with E-state index in [9.17, 15) is 14.4 Å². The Kier molecular flexibility index (Phi) is 5.23. The van der Waals surface area contributed by atoms with E-state index in [1.54, 1.807) is 19.9 Å². The van der Waals surface area contributed by atoms with Gasteiger partial charge in [-0.05, 0) is 12.0 Å². The van der Waals surface area contributed by atoms with Crippen molar-refractivity contribution in [3.05, 3.63) is 28.9 Å². The Morgan fingerprint density at radius 3 is 2.68 bits per heavy atom. The van der Waals surface area contributed by atoms with E-state index in [0.29, 0.717) is 0 Å². The summed E-state index contributed by atoms with van der Waals surface area (Å²) in [5.41, 5.74) is -0.517. The van der Waals surface area contributed by atoms with E-state index in [1.807, 2.05) is 0 Å². The van der Waals surface area contributed by atoms with E-state index in [0.717, 1.165) is 4.57 Å². The van der Waals surface area contributed by atoms with Gasteiger partial charge in [-0.3, -0.25) is 9.36 Å². The van der Waals surface area contributed by atoms with Crippen LogP contribution in [0.4, 0.5) is 0 Å². The third kappa shape index (κ3) is 4.20. The van der Waals surface area contributed by atoms with Gasteiger partial charge in [0.2, 0.25) is 5.91 Å². The topological polar surface area (TPSA) is 90.3 Å². The van der Waals surface area contributed by atoms with E-state index in [4.69, 9.17) is 0 Å². The van der Waals surface area contributed by atoms with Crippen LogP contribution < -0.4 is 11.0 Å². The molecular weight excluding hydrogens is 250 g/mol. The van der Waals surface area contributed by atoms with E-state index in [1.165, 1.54) is 19.5 Å². The van der Waals surface area contributed by atoms with E-state index < -0.39 is 23.6 Å². The molecule has 7 heteroatoms. The first kappa shape index (κ1) is 14.9. The number of hydrogen-bond acceptors (Lipinski definition) is 5. The van der Waals surface area contributed by atoms with Gasteiger partial charge in [0.25, 0.3) is 0 Å². The van der Waals surface area contributed by atoms with Crippen molar-refractivity contribution in [1.29, 1.82) is 0 Å². The number of carbonyl (C=O) groups is 2. The normalized spacial score (nSPS) is 12.0. The van der Waals surface area contributed by atoms with Crippen LogP contribution in [0.1, 0.15) is 13.8 Å². The smallest absolute Gasteiger partial charge is 0.347 e. The van der Waals surface area contributed by atoms with E-state index in [2.05, 4.69) is 15.0 Å². The molecule has 1 rings (SSSR count). The molecule has 1 unspecified atom stereocenters. The van der Waals surface area contributed by atoms with Crippen LogP contribution in [0.25, 0.3) is 0 Å². The molecule has 1 aromatic heterocycles. The Morgan fingerprint density at radius 1 is 1.47 bits per heavy atom. The second kappa shape index (κ2) is 6.67. The van der Waals surface area contributed by atoms with Gasteiger partial charge in [0.15, 0.2) is 0 Å². The zero-order valence-electron chi connectivity index (χ0n) is 11.1. The molecule has 0 bridgehead atoms. The predicted molar refractivity (Wildman–Crippen MR) is 67.3 cm³/mol. The van der Waals surface area contributed by atoms with E-state index in [-0.39, 0.29) is 12.5 Å². The van der Waals surface area contributed by atoms with Gasteiger partial charge < -0.3 is 10.1 Å². The van der Waals surface area contributed by atoms with Gasteiger partial charge in [-0.15, -0.1) is 0 Å². The van der Waals surface area contributed by atoms with Crippen molar-refractivity contribution in [3.63, 3.8) is 0 Å². The molecule has 1 heterocycles. The lowest BCUT2D eigenvalue weighted by Gasteiger charge is -2.19. The maximum absolute atomic E-state index is 11.8. The summed E-state index contributed by atoms with van der Waals surface area (Å²) in [6.07, 6.45) is 2.81. The molecule has 0 aromatic carbocycles. The Hall–Kier alpha value is -2.18. The standard InChI is InChI=1S/C12H17N3O4/c1-8(2)10(11(17)19-3)14-9(16)7-15-6-4-5-13-12(15)18/h4-6,8,10H,7H2,1-3H3,(H,14,16). The molecule has 104 valence electrons. The van der Waals surface area contributed by atoms with Crippen LogP contribution >= 0.6 is 0 Å². The summed E-state index contributed by atoms with van der Waals surface area (Å²) in [6.45, 7) is 3.39. The highest BCUT2D eigenvalue weighted by Gasteiger charge is 2.24. The van der Waals surface area contributed by atoms with Crippen molar-refractivity contribution in [3.8, 4) is 0 Å². The van der Waals surface area contributed by atoms with Gasteiger partial charge in [0.1, 0.15) is 12.6 Å². The highest BCUT2D eigenvalue weighted by Crippen LogP contribution is 2.03. The molecule has 1 amide bonds. The molecule has 1 aromatic rings. The first-order valence-electron chi connectivity index (χ1n) is 5.84. The van der Waals surface area contributed by atoms with Crippen LogP contribution in [0.2, 0.25) is 0 Å². The van der Waals surface area contributed by atoms with Gasteiger partial charge in [0, 0.05) is 12.4 Å². The fourth-order valence-corrected chi connectivity index (χ4v) is 1.51. The molecule has 0 aliphatic heterocycles. The Morgan fingerprint density at radius 2 is 2.16 bits per heavy atom. The fourth-order valence-electron chi connectivity index (χ4n) is 1.51. The minimum Gasteiger partial charge on any atom is -0.467 e. The molecule has 1 N–H and O–H groups in total. The minimum absolute atomic E-state index is 0.109. The minimum atomic E-state index is -0.732. The number of methoxy groups -OCH3 is 1. The molecule has 0 aliphatic carbocycles. The van der Waals surface area contributed by atoms with Crippen molar-refractivity contribution >= 4 is 11.9 Å². The second-order valence-electron chi connectivity index (χ2n) is 4.34. The summed E-state index contributed by atoms with van der Waals surface area (Å²) < 4.78 is 5.77. The van der Waals surface area contributed by atoms with Crippen molar-refractivity contribution in [1.82, 2.24) is 14.9 Å². The maximum Gasteiger partial charge on any atom is 0.347 e. The molecule has 0 saturated carbocycles. The lowest BCUT2D eigenvalue weighted by molar-refractivity contribution is -0.146. The second-order valence-corrected chi connectivity index (χ2v) is 4.34. The summed E-state index contributed by atoms with van der Waals surface area (Å²) in [4.78, 5) is 38.2. The number of aromatic nitrogens is 2. The number of carbonyl (C=O) groups excluding carboxylic acids is 2. The molecule has 0 spiro atoms. The van der Waals surface area contributed by atoms with Crippen LogP contribution in [0.15, 0.2) is 23.3 Å². The summed E-state index contributed by atoms with van der Waals surface area (Å²) in [6, 6.07) is 0.819. The monoisotopic (exact) mass is 267 g/mol. The number of amides is 1. The van der Waals surface area contributed by atoms with Crippen LogP contribution in [-0.2, 0) is 20.9 Å². The number of rotatable bonds is 5. The maximum atomic E-state index is 11.8. The largest absolute Gasteiger partial charge is 0.467 e. The number of nitrogens with zero attached hydrogens (tertiary/aromatic N) is 2. The quantitative estimate of drug-likeness (QED) is 0.730. The number of nitrogens with one attached hydrogen (secondary N) is 1. The molecule has 0 aliphatic rings. The van der Waals surface area contributed by atoms with Gasteiger partial charge in [-0.25, -0.2) is 14.6 Å². The van der Waals surface area contributed by atoms with Crippen LogP contribution in [0.5, 0.6) is 0 Å². The Labute approximate surface area is 110 Å². The van der Waals surface area contributed by atoms with Crippen molar-refractivity contribution in [2.24, 2.45) is 5.92 Å². The summed E-state index contributed by atoms with van der Waals surface area (Å²) in [5, 5.41) is 2.54. The first-order chi connectivity index (χ1) is 8.95. The molecular formula is C12H17N3O4. The van der Waals surface area contributed by atoms with Gasteiger partial charge in [0.05, 0.1) is 7.11 Å². The lowest BCUT2D eigenvalue weighted by atomic mass is 10.0. The third-order valence-electron chi connectivity index (χ3n) is 2.53. The third-order valence-corrected chi connectivity index (χ3v) is 2.53. The van der Waals surface area contributed by atoms with Crippen molar-refractivity contribution < 1.29 is 14.3 Å². The number of ether oxygens (including phenoxy) is 1. The van der Waals surface area contributed by atoms with Crippen molar-refractivity contribution in [2.45, 2.75) is 26.4 Å². The Balaban J connectivity index is 2.71. The highest BCUT2D eigenvalue weighted by molar-refractivity contribution is 5.84. The number of hydrogen-bond donors (Lipinski definition) is 1. The van der Waals surface area contributed by atoms with Crippen LogP contribution in [-0.4, -0.2) is 34.6 Å². The first-order valence-corrected chi connectivity index (χ1v) is 5.84. The molecule has 0 fully saturated rings. The van der Waals surface area contributed by atoms with Gasteiger partial charge >= 0.3 is 11.7 Å². The summed E-state index contributed by atoms with van der Waals surface area (Å²) >= 11 is 0. The van der Waals surface area contributed by atoms with Crippen LogP contribution in [0, 0.1) is 5.92 Å². The Bertz CT molecular complexity index is 510. The molecule has 0 saturated heterocycles. The summed E-state index contributed by atoms with van der Waals surface area (Å²) in [5.74, 6) is -1.07. The zero-order valence-corrected chi connectivity index (χ0v) is 11.1. The average molecular weight is 267 g/mol. The summed E-state index contributed by atoms with van der Waals surface area (Å²) in [7, 11) is 1.26. The molecule has 1 atom stereocenters. The van der Waals surface area contributed by atoms with Gasteiger partial charge in [-0.1, -0.05) is 13.8 Å². The lowest BCUT2D eigenvalue weighted by Crippen LogP contribution is -2.46. The number of esters is 1.